The van der Waals surface area contributed by atoms with Gasteiger partial charge in [-0.1, -0.05) is 164 Å². The molecule has 296 valence electrons. The van der Waals surface area contributed by atoms with Crippen molar-refractivity contribution in [2.24, 2.45) is 0 Å². The van der Waals surface area contributed by atoms with Gasteiger partial charge in [0.15, 0.2) is 5.58 Å². The summed E-state index contributed by atoms with van der Waals surface area (Å²) in [6.45, 7) is 0. The average molecular weight is 805 g/mol. The third-order valence-corrected chi connectivity index (χ3v) is 12.4. The Hall–Kier alpha value is -8.40. The van der Waals surface area contributed by atoms with Crippen LogP contribution in [0.25, 0.3) is 93.9 Å². The zero-order chi connectivity index (χ0) is 41.7. The van der Waals surface area contributed by atoms with E-state index in [2.05, 4.69) is 240 Å². The van der Waals surface area contributed by atoms with E-state index in [0.29, 0.717) is 0 Å². The molecule has 0 fully saturated rings. The van der Waals surface area contributed by atoms with E-state index in [9.17, 15) is 0 Å². The van der Waals surface area contributed by atoms with Gasteiger partial charge >= 0.3 is 0 Å². The van der Waals surface area contributed by atoms with Crippen molar-refractivity contribution in [3.63, 3.8) is 0 Å². The van der Waals surface area contributed by atoms with Crippen molar-refractivity contribution in [2.75, 3.05) is 4.90 Å². The maximum atomic E-state index is 6.67. The van der Waals surface area contributed by atoms with Crippen LogP contribution in [-0.2, 0) is 0 Å². The molecule has 3 nitrogen and oxygen atoms in total. The maximum absolute atomic E-state index is 6.67. The summed E-state index contributed by atoms with van der Waals surface area (Å²) in [4.78, 5) is 2.32. The lowest BCUT2D eigenvalue weighted by Gasteiger charge is -2.26. The van der Waals surface area contributed by atoms with E-state index in [1.807, 2.05) is 12.1 Å². The topological polar surface area (TPSA) is 21.3 Å². The van der Waals surface area contributed by atoms with Crippen LogP contribution in [-0.4, -0.2) is 4.57 Å². The van der Waals surface area contributed by atoms with Gasteiger partial charge in [-0.2, -0.15) is 0 Å². The van der Waals surface area contributed by atoms with Gasteiger partial charge in [-0.3, -0.25) is 0 Å². The van der Waals surface area contributed by atoms with Crippen molar-refractivity contribution in [1.29, 1.82) is 0 Å². The molecular formula is C60H40N2O. The first-order valence-corrected chi connectivity index (χ1v) is 21.5. The number of aromatic nitrogens is 1. The van der Waals surface area contributed by atoms with E-state index in [1.54, 1.807) is 0 Å². The summed E-state index contributed by atoms with van der Waals surface area (Å²) in [5, 5.41) is 4.69. The van der Waals surface area contributed by atoms with Crippen LogP contribution in [0.15, 0.2) is 247 Å². The highest BCUT2D eigenvalue weighted by molar-refractivity contribution is 6.11. The molecule has 10 aromatic carbocycles. The first-order chi connectivity index (χ1) is 31.2. The standard InChI is InChI=1S/C60H40N2O/c1-4-15-41(16-5-1)46-37-47(42-17-6-2-7-18-42)39-48(38-46)44-29-34-51(35-30-44)61(57-25-14-23-55-54-22-11-13-26-59(54)63-60(55)57)50-32-27-43(28-33-50)45-31-36-53-52-21-10-12-24-56(52)62(58(53)40-45)49-19-8-3-9-20-49/h1-40H. The summed E-state index contributed by atoms with van der Waals surface area (Å²) >= 11 is 0. The lowest BCUT2D eigenvalue weighted by molar-refractivity contribution is 0.669. The number of rotatable bonds is 8. The number of furan rings is 1. The first-order valence-electron chi connectivity index (χ1n) is 21.5. The van der Waals surface area contributed by atoms with Gasteiger partial charge in [0.2, 0.25) is 0 Å². The third kappa shape index (κ3) is 6.46. The summed E-state index contributed by atoms with van der Waals surface area (Å²) in [5.74, 6) is 0. The molecule has 0 N–H and O–H groups in total. The smallest absolute Gasteiger partial charge is 0.159 e. The van der Waals surface area contributed by atoms with Gasteiger partial charge < -0.3 is 13.9 Å². The van der Waals surface area contributed by atoms with Crippen LogP contribution in [0, 0.1) is 0 Å². The second-order valence-corrected chi connectivity index (χ2v) is 16.1. The minimum Gasteiger partial charge on any atom is -0.454 e. The normalized spacial score (nSPS) is 11.5. The van der Waals surface area contributed by atoms with Crippen LogP contribution >= 0.6 is 0 Å². The first kappa shape index (κ1) is 36.5. The van der Waals surface area contributed by atoms with Crippen LogP contribution < -0.4 is 4.90 Å². The van der Waals surface area contributed by atoms with Gasteiger partial charge in [0.1, 0.15) is 5.58 Å². The Morgan fingerprint density at radius 3 is 1.41 bits per heavy atom. The van der Waals surface area contributed by atoms with E-state index in [4.69, 9.17) is 4.42 Å². The van der Waals surface area contributed by atoms with Gasteiger partial charge in [0.05, 0.1) is 16.7 Å². The predicted molar refractivity (Wildman–Crippen MR) is 264 cm³/mol. The molecule has 2 aromatic heterocycles. The van der Waals surface area contributed by atoms with Crippen LogP contribution in [0.3, 0.4) is 0 Å². The minimum atomic E-state index is 0.856. The SMILES string of the molecule is c1ccc(-c2cc(-c3ccccc3)cc(-c3ccc(N(c4ccc(-c5ccc6c7ccccc7n(-c7ccccc7)c6c5)cc4)c4cccc5c4oc4ccccc45)cc3)c2)cc1. The Bertz CT molecular complexity index is 3530. The molecule has 12 rings (SSSR count). The highest BCUT2D eigenvalue weighted by Crippen LogP contribution is 2.44. The average Bonchev–Trinajstić information content (AvgIpc) is 3.91. The Balaban J connectivity index is 0.973. The molecule has 0 radical (unpaired) electrons. The second kappa shape index (κ2) is 15.3. The molecule has 63 heavy (non-hydrogen) atoms. The van der Waals surface area contributed by atoms with E-state index < -0.39 is 0 Å². The molecule has 0 aliphatic carbocycles. The molecule has 3 heteroatoms. The van der Waals surface area contributed by atoms with Crippen molar-refractivity contribution in [3.05, 3.63) is 243 Å². The fourth-order valence-corrected chi connectivity index (χ4v) is 9.34. The zero-order valence-electron chi connectivity index (χ0n) is 34.4. The quantitative estimate of drug-likeness (QED) is 0.153. The molecule has 12 aromatic rings. The lowest BCUT2D eigenvalue weighted by Crippen LogP contribution is -2.10. The molecule has 0 bridgehead atoms. The number of fused-ring (bicyclic) bond motifs is 6. The summed E-state index contributed by atoms with van der Waals surface area (Å²) in [7, 11) is 0. The number of benzene rings is 10. The van der Waals surface area contributed by atoms with Crippen molar-refractivity contribution < 1.29 is 4.42 Å². The highest BCUT2D eigenvalue weighted by atomic mass is 16.3. The predicted octanol–water partition coefficient (Wildman–Crippen LogP) is 16.8. The van der Waals surface area contributed by atoms with Crippen LogP contribution in [0.5, 0.6) is 0 Å². The van der Waals surface area contributed by atoms with Crippen molar-refractivity contribution >= 4 is 60.8 Å². The number of anilines is 3. The van der Waals surface area contributed by atoms with Gasteiger partial charge in [-0.15, -0.1) is 0 Å². The number of hydrogen-bond acceptors (Lipinski definition) is 2. The van der Waals surface area contributed by atoms with Crippen LogP contribution in [0.4, 0.5) is 17.1 Å². The molecule has 0 saturated heterocycles. The van der Waals surface area contributed by atoms with E-state index in [-0.39, 0.29) is 0 Å². The maximum Gasteiger partial charge on any atom is 0.159 e. The summed E-state index contributed by atoms with van der Waals surface area (Å²) < 4.78 is 9.05. The molecule has 0 aliphatic rings. The lowest BCUT2D eigenvalue weighted by atomic mass is 9.93. The Morgan fingerprint density at radius 1 is 0.302 bits per heavy atom. The molecule has 0 saturated carbocycles. The zero-order valence-corrected chi connectivity index (χ0v) is 34.4. The summed E-state index contributed by atoms with van der Waals surface area (Å²) in [5.41, 5.74) is 17.7. The Morgan fingerprint density at radius 2 is 0.778 bits per heavy atom. The largest absolute Gasteiger partial charge is 0.454 e. The fourth-order valence-electron chi connectivity index (χ4n) is 9.34. The second-order valence-electron chi connectivity index (χ2n) is 16.1. The molecular weight excluding hydrogens is 765 g/mol. The monoisotopic (exact) mass is 804 g/mol. The molecule has 0 aliphatic heterocycles. The van der Waals surface area contributed by atoms with Crippen molar-refractivity contribution in [1.82, 2.24) is 4.57 Å². The van der Waals surface area contributed by atoms with Crippen LogP contribution in [0.1, 0.15) is 0 Å². The van der Waals surface area contributed by atoms with Gasteiger partial charge in [-0.05, 0) is 123 Å². The van der Waals surface area contributed by atoms with E-state index in [1.165, 1.54) is 49.6 Å². The van der Waals surface area contributed by atoms with Crippen LogP contribution in [0.2, 0.25) is 0 Å². The number of para-hydroxylation sites is 4. The fraction of sp³-hybridized carbons (Fsp3) is 0. The molecule has 0 amide bonds. The number of nitrogens with zero attached hydrogens (tertiary/aromatic N) is 2. The van der Waals surface area contributed by atoms with Gasteiger partial charge in [0.25, 0.3) is 0 Å². The minimum absolute atomic E-state index is 0.856. The van der Waals surface area contributed by atoms with E-state index in [0.717, 1.165) is 61.4 Å². The molecule has 2 heterocycles. The summed E-state index contributed by atoms with van der Waals surface area (Å²) in [6, 6.07) is 87.0. The Labute approximate surface area is 366 Å². The van der Waals surface area contributed by atoms with Crippen molar-refractivity contribution in [2.45, 2.75) is 0 Å². The molecule has 0 unspecified atom stereocenters. The van der Waals surface area contributed by atoms with Gasteiger partial charge in [0, 0.05) is 38.6 Å². The summed E-state index contributed by atoms with van der Waals surface area (Å²) in [6.07, 6.45) is 0. The van der Waals surface area contributed by atoms with Crippen molar-refractivity contribution in [3.8, 4) is 50.2 Å². The third-order valence-electron chi connectivity index (χ3n) is 12.4. The Kier molecular flexibility index (Phi) is 8.83. The van der Waals surface area contributed by atoms with E-state index >= 15 is 0 Å². The molecule has 0 atom stereocenters. The highest BCUT2D eigenvalue weighted by Gasteiger charge is 2.20. The number of hydrogen-bond donors (Lipinski definition) is 0. The van der Waals surface area contributed by atoms with Gasteiger partial charge in [-0.25, -0.2) is 0 Å². The molecule has 0 spiro atoms.